The summed E-state index contributed by atoms with van der Waals surface area (Å²) < 4.78 is 29.3. The molecule has 6 heterocycles. The molecule has 1 saturated carbocycles. The molecule has 1 saturated heterocycles. The molecule has 9 nitrogen and oxygen atoms in total. The van der Waals surface area contributed by atoms with Gasteiger partial charge < -0.3 is 9.88 Å². The zero-order chi connectivity index (χ0) is 22.9. The van der Waals surface area contributed by atoms with Gasteiger partial charge in [0.1, 0.15) is 11.2 Å². The summed E-state index contributed by atoms with van der Waals surface area (Å²) in [5.41, 5.74) is 5.43. The Balaban J connectivity index is 1.27. The first-order valence-electron chi connectivity index (χ1n) is 11.4. The molecule has 0 atom stereocenters. The first-order chi connectivity index (χ1) is 16.5. The van der Waals surface area contributed by atoms with Crippen LogP contribution >= 0.6 is 0 Å². The van der Waals surface area contributed by atoms with Gasteiger partial charge in [-0.15, -0.1) is 0 Å². The number of H-pyrrole nitrogens is 2. The Morgan fingerprint density at radius 2 is 1.88 bits per heavy atom. The van der Waals surface area contributed by atoms with Gasteiger partial charge in [-0.1, -0.05) is 0 Å². The fourth-order valence-corrected chi connectivity index (χ4v) is 4.60. The molecule has 7 rings (SSSR count). The number of aromatic amines is 2. The number of rotatable bonds is 4. The second-order valence-corrected chi connectivity index (χ2v) is 9.11. The van der Waals surface area contributed by atoms with Gasteiger partial charge in [-0.3, -0.25) is 19.7 Å². The van der Waals surface area contributed by atoms with Crippen LogP contribution in [-0.4, -0.2) is 58.9 Å². The van der Waals surface area contributed by atoms with Crippen LogP contribution in [0.15, 0.2) is 37.1 Å². The molecule has 1 aliphatic heterocycles. The third-order valence-electron chi connectivity index (χ3n) is 6.70. The van der Waals surface area contributed by atoms with Crippen molar-refractivity contribution in [1.82, 2.24) is 39.9 Å². The molecule has 2 aliphatic rings. The highest BCUT2D eigenvalue weighted by Crippen LogP contribution is 2.36. The summed E-state index contributed by atoms with van der Waals surface area (Å²) in [5, 5.41) is 12.9. The van der Waals surface area contributed by atoms with Crippen LogP contribution in [0.5, 0.6) is 0 Å². The Labute approximate surface area is 192 Å². The maximum atomic E-state index is 13.7. The number of anilines is 1. The molecule has 11 heteroatoms. The van der Waals surface area contributed by atoms with Crippen molar-refractivity contribution in [3.63, 3.8) is 0 Å². The minimum atomic E-state index is -2.61. The molecule has 0 unspecified atom stereocenters. The zero-order valence-electron chi connectivity index (χ0n) is 18.2. The fraction of sp³-hybridized carbons (Fsp3) is 0.348. The lowest BCUT2D eigenvalue weighted by Crippen LogP contribution is -2.39. The van der Waals surface area contributed by atoms with E-state index in [4.69, 9.17) is 4.98 Å². The van der Waals surface area contributed by atoms with E-state index in [-0.39, 0.29) is 25.9 Å². The van der Waals surface area contributed by atoms with E-state index in [1.807, 2.05) is 28.0 Å². The van der Waals surface area contributed by atoms with E-state index in [0.29, 0.717) is 23.1 Å². The molecule has 0 bridgehead atoms. The number of hydrogen-bond donors (Lipinski definition) is 2. The van der Waals surface area contributed by atoms with Crippen molar-refractivity contribution in [2.75, 3.05) is 18.0 Å². The molecule has 5 aromatic rings. The van der Waals surface area contributed by atoms with Crippen molar-refractivity contribution in [3.8, 4) is 22.8 Å². The number of pyridine rings is 2. The number of nitrogens with one attached hydrogen (secondary N) is 2. The molecule has 0 amide bonds. The molecular formula is C23H21F2N9. The Bertz CT molecular complexity index is 1520. The Hall–Kier alpha value is -3.89. The summed E-state index contributed by atoms with van der Waals surface area (Å²) in [6.45, 7) is 0.537. The molecule has 34 heavy (non-hydrogen) atoms. The van der Waals surface area contributed by atoms with Crippen LogP contribution in [0.25, 0.3) is 44.7 Å². The third kappa shape index (κ3) is 3.22. The average Bonchev–Trinajstić information content (AvgIpc) is 3.22. The van der Waals surface area contributed by atoms with Crippen molar-refractivity contribution < 1.29 is 8.78 Å². The Kier molecular flexibility index (Phi) is 4.06. The summed E-state index contributed by atoms with van der Waals surface area (Å²) in [5.74, 6) is -2.02. The lowest BCUT2D eigenvalue weighted by atomic mass is 10.1. The number of nitrogens with zero attached hydrogens (tertiary/aromatic N) is 7. The van der Waals surface area contributed by atoms with Gasteiger partial charge in [0.25, 0.3) is 5.92 Å². The van der Waals surface area contributed by atoms with Gasteiger partial charge in [-0.05, 0) is 18.9 Å². The SMILES string of the molecule is FC1(F)CCN(c2cncc3[nH]c(-c4n[nH]c5cnc(-c6cnn(C7CC7)c6)cc45)nc23)CC1. The van der Waals surface area contributed by atoms with E-state index in [1.165, 1.54) is 12.8 Å². The van der Waals surface area contributed by atoms with Gasteiger partial charge >= 0.3 is 0 Å². The highest BCUT2D eigenvalue weighted by Gasteiger charge is 2.35. The van der Waals surface area contributed by atoms with Gasteiger partial charge in [0.2, 0.25) is 0 Å². The molecule has 0 radical (unpaired) electrons. The van der Waals surface area contributed by atoms with Crippen LogP contribution in [0.4, 0.5) is 14.5 Å². The van der Waals surface area contributed by atoms with E-state index in [9.17, 15) is 8.78 Å². The highest BCUT2D eigenvalue weighted by molar-refractivity contribution is 5.96. The third-order valence-corrected chi connectivity index (χ3v) is 6.70. The van der Waals surface area contributed by atoms with Crippen LogP contribution in [0.1, 0.15) is 31.7 Å². The first kappa shape index (κ1) is 19.6. The summed E-state index contributed by atoms with van der Waals surface area (Å²) in [7, 11) is 0. The van der Waals surface area contributed by atoms with Gasteiger partial charge in [0, 0.05) is 43.1 Å². The summed E-state index contributed by atoms with van der Waals surface area (Å²) >= 11 is 0. The van der Waals surface area contributed by atoms with Crippen LogP contribution in [-0.2, 0) is 0 Å². The number of fused-ring (bicyclic) bond motifs is 2. The van der Waals surface area contributed by atoms with Gasteiger partial charge in [0.15, 0.2) is 5.82 Å². The van der Waals surface area contributed by atoms with Crippen LogP contribution in [0, 0.1) is 0 Å². The van der Waals surface area contributed by atoms with Crippen molar-refractivity contribution in [3.05, 3.63) is 37.1 Å². The lowest BCUT2D eigenvalue weighted by molar-refractivity contribution is -0.0220. The van der Waals surface area contributed by atoms with Crippen LogP contribution in [0.3, 0.4) is 0 Å². The van der Waals surface area contributed by atoms with E-state index in [0.717, 1.165) is 33.4 Å². The quantitative estimate of drug-likeness (QED) is 0.413. The topological polar surface area (TPSA) is 104 Å². The smallest absolute Gasteiger partial charge is 0.251 e. The normalized spacial score (nSPS) is 18.2. The summed E-state index contributed by atoms with van der Waals surface area (Å²) in [6, 6.07) is 2.49. The van der Waals surface area contributed by atoms with Gasteiger partial charge in [-0.2, -0.15) is 10.2 Å². The van der Waals surface area contributed by atoms with Gasteiger partial charge in [0.05, 0.1) is 53.2 Å². The second kappa shape index (κ2) is 7.05. The molecule has 172 valence electrons. The molecule has 5 aromatic heterocycles. The molecule has 2 fully saturated rings. The monoisotopic (exact) mass is 461 g/mol. The predicted molar refractivity (Wildman–Crippen MR) is 123 cm³/mol. The zero-order valence-corrected chi connectivity index (χ0v) is 18.2. The maximum Gasteiger partial charge on any atom is 0.251 e. The minimum Gasteiger partial charge on any atom is -0.368 e. The number of halogens is 2. The van der Waals surface area contributed by atoms with Crippen molar-refractivity contribution in [2.24, 2.45) is 0 Å². The highest BCUT2D eigenvalue weighted by atomic mass is 19.3. The molecular weight excluding hydrogens is 440 g/mol. The van der Waals surface area contributed by atoms with Crippen molar-refractivity contribution in [1.29, 1.82) is 0 Å². The Morgan fingerprint density at radius 1 is 1.03 bits per heavy atom. The van der Waals surface area contributed by atoms with E-state index in [2.05, 4.69) is 30.2 Å². The van der Waals surface area contributed by atoms with Crippen LogP contribution in [0.2, 0.25) is 0 Å². The van der Waals surface area contributed by atoms with Crippen molar-refractivity contribution >= 4 is 27.6 Å². The van der Waals surface area contributed by atoms with E-state index in [1.54, 1.807) is 18.6 Å². The second-order valence-electron chi connectivity index (χ2n) is 9.11. The van der Waals surface area contributed by atoms with Crippen molar-refractivity contribution in [2.45, 2.75) is 37.6 Å². The largest absolute Gasteiger partial charge is 0.368 e. The van der Waals surface area contributed by atoms with Crippen LogP contribution < -0.4 is 4.90 Å². The molecule has 0 spiro atoms. The maximum absolute atomic E-state index is 13.7. The predicted octanol–water partition coefficient (Wildman–Crippen LogP) is 4.33. The summed E-state index contributed by atoms with van der Waals surface area (Å²) in [6.07, 6.45) is 11.0. The van der Waals surface area contributed by atoms with E-state index < -0.39 is 5.92 Å². The minimum absolute atomic E-state index is 0.169. The first-order valence-corrected chi connectivity index (χ1v) is 11.4. The van der Waals surface area contributed by atoms with E-state index >= 15 is 0 Å². The van der Waals surface area contributed by atoms with Gasteiger partial charge in [-0.25, -0.2) is 13.8 Å². The molecule has 1 aliphatic carbocycles. The Morgan fingerprint density at radius 3 is 2.71 bits per heavy atom. The lowest BCUT2D eigenvalue weighted by Gasteiger charge is -2.33. The molecule has 0 aromatic carbocycles. The standard InChI is InChI=1S/C23H21F2N9/c24-23(25)3-5-33(6-4-23)19-11-26-9-18-21(19)30-22(29-18)20-15-7-16(27-10-17(15)31-32-20)13-8-28-34(12-13)14-1-2-14/h7-12,14H,1-6H2,(H,29,30)(H,31,32). The summed E-state index contributed by atoms with van der Waals surface area (Å²) in [4.78, 5) is 18.9. The number of hydrogen-bond acceptors (Lipinski definition) is 6. The molecule has 2 N–H and O–H groups in total. The average molecular weight is 461 g/mol. The fourth-order valence-electron chi connectivity index (χ4n) is 4.60. The number of aromatic nitrogens is 8. The number of imidazole rings is 1. The number of piperidine rings is 1. The number of alkyl halides is 2.